The van der Waals surface area contributed by atoms with E-state index in [1.54, 1.807) is 0 Å². The van der Waals surface area contributed by atoms with Crippen LogP contribution in [0.1, 0.15) is 72.1 Å². The van der Waals surface area contributed by atoms with Crippen LogP contribution >= 0.6 is 0 Å². The number of nitrogens with one attached hydrogen (secondary N) is 2. The molecule has 0 aromatic rings. The zero-order valence-electron chi connectivity index (χ0n) is 12.6. The normalized spacial score (nSPS) is 12.4. The molecule has 0 saturated heterocycles. The average molecular weight is 256 g/mol. The van der Waals surface area contributed by atoms with Gasteiger partial charge in [0.1, 0.15) is 0 Å². The Morgan fingerprint density at radius 3 is 2.06 bits per heavy atom. The van der Waals surface area contributed by atoms with Crippen molar-refractivity contribution in [1.82, 2.24) is 10.6 Å². The molecular weight excluding hydrogens is 224 g/mol. The molecule has 0 fully saturated rings. The van der Waals surface area contributed by atoms with Crippen LogP contribution in [0.4, 0.5) is 0 Å². The Morgan fingerprint density at radius 1 is 0.944 bits per heavy atom. The van der Waals surface area contributed by atoms with E-state index in [1.165, 1.54) is 51.4 Å². The molecule has 0 aliphatic carbocycles. The zero-order valence-corrected chi connectivity index (χ0v) is 12.6. The van der Waals surface area contributed by atoms with Gasteiger partial charge in [-0.25, -0.2) is 0 Å². The number of rotatable bonds is 12. The molecule has 0 bridgehead atoms. The molecule has 3 nitrogen and oxygen atoms in total. The molecule has 1 amide bonds. The first-order valence-corrected chi connectivity index (χ1v) is 7.73. The van der Waals surface area contributed by atoms with Crippen LogP contribution in [0.5, 0.6) is 0 Å². The number of carbonyl (C=O) groups is 1. The molecule has 0 aliphatic rings. The third-order valence-corrected chi connectivity index (χ3v) is 3.23. The lowest BCUT2D eigenvalue weighted by atomic mass is 10.1. The van der Waals surface area contributed by atoms with E-state index in [-0.39, 0.29) is 11.9 Å². The van der Waals surface area contributed by atoms with E-state index in [9.17, 15) is 4.79 Å². The third kappa shape index (κ3) is 10.6. The minimum atomic E-state index is -0.0606. The summed E-state index contributed by atoms with van der Waals surface area (Å²) in [5, 5.41) is 6.09. The fourth-order valence-electron chi connectivity index (χ4n) is 2.00. The number of carbonyl (C=O) groups excluding carboxylic acids is 1. The van der Waals surface area contributed by atoms with Crippen LogP contribution in [-0.4, -0.2) is 25.0 Å². The number of hydrogen-bond acceptors (Lipinski definition) is 2. The minimum absolute atomic E-state index is 0.0606. The van der Waals surface area contributed by atoms with Gasteiger partial charge in [-0.05, 0) is 26.8 Å². The van der Waals surface area contributed by atoms with Crippen LogP contribution in [0.25, 0.3) is 0 Å². The molecule has 18 heavy (non-hydrogen) atoms. The number of hydrogen-bond donors (Lipinski definition) is 2. The Labute approximate surface area is 113 Å². The Morgan fingerprint density at radius 2 is 1.50 bits per heavy atom. The molecule has 2 N–H and O–H groups in total. The Hall–Kier alpha value is -0.570. The molecule has 1 unspecified atom stereocenters. The fourth-order valence-corrected chi connectivity index (χ4v) is 2.00. The molecular formula is C15H32N2O. The van der Waals surface area contributed by atoms with Crippen LogP contribution in [0, 0.1) is 0 Å². The molecule has 0 radical (unpaired) electrons. The first-order chi connectivity index (χ1) is 8.72. The van der Waals surface area contributed by atoms with Crippen molar-refractivity contribution < 1.29 is 4.79 Å². The highest BCUT2D eigenvalue weighted by Crippen LogP contribution is 2.07. The van der Waals surface area contributed by atoms with Gasteiger partial charge >= 0.3 is 0 Å². The smallest absolute Gasteiger partial charge is 0.236 e. The zero-order chi connectivity index (χ0) is 13.6. The van der Waals surface area contributed by atoms with Crippen LogP contribution < -0.4 is 10.6 Å². The second kappa shape index (κ2) is 12.9. The molecule has 3 heteroatoms. The first kappa shape index (κ1) is 17.4. The summed E-state index contributed by atoms with van der Waals surface area (Å²) in [7, 11) is 0. The van der Waals surface area contributed by atoms with Crippen molar-refractivity contribution in [2.24, 2.45) is 0 Å². The summed E-state index contributed by atoms with van der Waals surface area (Å²) < 4.78 is 0. The van der Waals surface area contributed by atoms with Crippen LogP contribution in [-0.2, 0) is 4.79 Å². The molecule has 0 rings (SSSR count). The fraction of sp³-hybridized carbons (Fsp3) is 0.933. The summed E-state index contributed by atoms with van der Waals surface area (Å²) in [6, 6.07) is -0.0606. The van der Waals surface area contributed by atoms with Crippen LogP contribution in [0.3, 0.4) is 0 Å². The van der Waals surface area contributed by atoms with E-state index < -0.39 is 0 Å². The monoisotopic (exact) mass is 256 g/mol. The number of amides is 1. The Kier molecular flexibility index (Phi) is 12.5. The highest BCUT2D eigenvalue weighted by atomic mass is 16.2. The van der Waals surface area contributed by atoms with Crippen molar-refractivity contribution in [2.75, 3.05) is 13.1 Å². The van der Waals surface area contributed by atoms with Gasteiger partial charge in [-0.1, -0.05) is 51.9 Å². The summed E-state index contributed by atoms with van der Waals surface area (Å²) in [5.41, 5.74) is 0. The van der Waals surface area contributed by atoms with E-state index >= 15 is 0 Å². The highest BCUT2D eigenvalue weighted by molar-refractivity contribution is 5.81. The maximum Gasteiger partial charge on any atom is 0.236 e. The summed E-state index contributed by atoms with van der Waals surface area (Å²) in [6.07, 6.45) is 10.6. The first-order valence-electron chi connectivity index (χ1n) is 7.73. The summed E-state index contributed by atoms with van der Waals surface area (Å²) in [4.78, 5) is 11.4. The summed E-state index contributed by atoms with van der Waals surface area (Å²) in [6.45, 7) is 7.79. The van der Waals surface area contributed by atoms with Gasteiger partial charge in [0.05, 0.1) is 6.04 Å². The predicted molar refractivity (Wildman–Crippen MR) is 78.8 cm³/mol. The Balaban J connectivity index is 3.22. The molecule has 0 aromatic heterocycles. The van der Waals surface area contributed by atoms with Gasteiger partial charge in [-0.15, -0.1) is 0 Å². The number of unbranched alkanes of at least 4 members (excludes halogenated alkanes) is 7. The SMILES string of the molecule is CCCCCCCCCCNC(C)C(=O)NCC. The second-order valence-corrected chi connectivity index (χ2v) is 5.05. The predicted octanol–water partition coefficient (Wildman–Crippen LogP) is 3.24. The van der Waals surface area contributed by atoms with Crippen LogP contribution in [0.2, 0.25) is 0 Å². The van der Waals surface area contributed by atoms with Crippen molar-refractivity contribution in [3.05, 3.63) is 0 Å². The average Bonchev–Trinajstić information content (AvgIpc) is 2.36. The molecule has 0 heterocycles. The maximum atomic E-state index is 11.4. The lowest BCUT2D eigenvalue weighted by Crippen LogP contribution is -2.42. The van der Waals surface area contributed by atoms with Gasteiger partial charge < -0.3 is 10.6 Å². The lowest BCUT2D eigenvalue weighted by molar-refractivity contribution is -0.122. The van der Waals surface area contributed by atoms with Gasteiger partial charge in [0.2, 0.25) is 5.91 Å². The van der Waals surface area contributed by atoms with Crippen molar-refractivity contribution in [1.29, 1.82) is 0 Å². The largest absolute Gasteiger partial charge is 0.355 e. The third-order valence-electron chi connectivity index (χ3n) is 3.23. The van der Waals surface area contributed by atoms with E-state index in [0.717, 1.165) is 6.54 Å². The maximum absolute atomic E-state index is 11.4. The highest BCUT2D eigenvalue weighted by Gasteiger charge is 2.09. The molecule has 0 aromatic carbocycles. The van der Waals surface area contributed by atoms with Gasteiger partial charge in [-0.3, -0.25) is 4.79 Å². The van der Waals surface area contributed by atoms with E-state index in [0.29, 0.717) is 6.54 Å². The molecule has 108 valence electrons. The summed E-state index contributed by atoms with van der Waals surface area (Å²) in [5.74, 6) is 0.108. The molecule has 0 saturated carbocycles. The van der Waals surface area contributed by atoms with Crippen molar-refractivity contribution in [3.8, 4) is 0 Å². The topological polar surface area (TPSA) is 41.1 Å². The van der Waals surface area contributed by atoms with Crippen molar-refractivity contribution in [2.45, 2.75) is 78.2 Å². The van der Waals surface area contributed by atoms with Crippen molar-refractivity contribution >= 4 is 5.91 Å². The van der Waals surface area contributed by atoms with Crippen molar-refractivity contribution in [3.63, 3.8) is 0 Å². The standard InChI is InChI=1S/C15H32N2O/c1-4-6-7-8-9-10-11-12-13-17-14(3)15(18)16-5-2/h14,17H,4-13H2,1-3H3,(H,16,18). The molecule has 0 spiro atoms. The lowest BCUT2D eigenvalue weighted by Gasteiger charge is -2.12. The molecule has 1 atom stereocenters. The van der Waals surface area contributed by atoms with Gasteiger partial charge in [0.15, 0.2) is 0 Å². The van der Waals surface area contributed by atoms with E-state index in [4.69, 9.17) is 0 Å². The molecule has 0 aliphatic heterocycles. The van der Waals surface area contributed by atoms with Gasteiger partial charge in [-0.2, -0.15) is 0 Å². The number of likely N-dealkylation sites (N-methyl/N-ethyl adjacent to an activating group) is 1. The minimum Gasteiger partial charge on any atom is -0.355 e. The Bertz CT molecular complexity index is 195. The van der Waals surface area contributed by atoms with E-state index in [1.807, 2.05) is 13.8 Å². The van der Waals surface area contributed by atoms with Gasteiger partial charge in [0, 0.05) is 6.54 Å². The second-order valence-electron chi connectivity index (χ2n) is 5.05. The summed E-state index contributed by atoms with van der Waals surface area (Å²) >= 11 is 0. The quantitative estimate of drug-likeness (QED) is 0.526. The van der Waals surface area contributed by atoms with Crippen LogP contribution in [0.15, 0.2) is 0 Å². The van der Waals surface area contributed by atoms with Gasteiger partial charge in [0.25, 0.3) is 0 Å². The van der Waals surface area contributed by atoms with E-state index in [2.05, 4.69) is 17.6 Å².